The highest BCUT2D eigenvalue weighted by atomic mass is 32.2. The second kappa shape index (κ2) is 6.53. The minimum Gasteiger partial charge on any atom is -0.446 e. The molecule has 1 amide bonds. The van der Waals surface area contributed by atoms with Gasteiger partial charge in [-0.3, -0.25) is 0 Å². The standard InChI is InChI=1S/C11H23N3O4S/c1-8(2)18-11(15)13-19(16,17)14(3)10-7-5-4-6-9(10)12/h8-10H,4-7,12H2,1-3H3,(H,13,15). The topological polar surface area (TPSA) is 102 Å². The van der Waals surface area contributed by atoms with E-state index in [1.165, 1.54) is 7.05 Å². The van der Waals surface area contributed by atoms with Crippen molar-refractivity contribution in [3.8, 4) is 0 Å². The molecule has 1 saturated carbocycles. The van der Waals surface area contributed by atoms with Gasteiger partial charge < -0.3 is 10.5 Å². The number of likely N-dealkylation sites (N-methyl/N-ethyl adjacent to an activating group) is 1. The minimum absolute atomic E-state index is 0.198. The van der Waals surface area contributed by atoms with Gasteiger partial charge in [0.2, 0.25) is 0 Å². The summed E-state index contributed by atoms with van der Waals surface area (Å²) in [5.74, 6) is 0. The van der Waals surface area contributed by atoms with Crippen molar-refractivity contribution in [3.05, 3.63) is 0 Å². The first-order chi connectivity index (χ1) is 8.74. The van der Waals surface area contributed by atoms with Crippen molar-refractivity contribution in [1.82, 2.24) is 9.03 Å². The maximum Gasteiger partial charge on any atom is 0.422 e. The fourth-order valence-electron chi connectivity index (χ4n) is 2.19. The molecule has 0 aliphatic heterocycles. The molecule has 0 spiro atoms. The van der Waals surface area contributed by atoms with Crippen LogP contribution in [0.25, 0.3) is 0 Å². The van der Waals surface area contributed by atoms with Crippen molar-refractivity contribution >= 4 is 16.3 Å². The first kappa shape index (κ1) is 16.2. The lowest BCUT2D eigenvalue weighted by Gasteiger charge is -2.34. The molecule has 7 nitrogen and oxygen atoms in total. The van der Waals surface area contributed by atoms with Crippen LogP contribution in [0.15, 0.2) is 0 Å². The Bertz CT molecular complexity index is 410. The fourth-order valence-corrected chi connectivity index (χ4v) is 3.21. The number of carbonyl (C=O) groups is 1. The predicted molar refractivity (Wildman–Crippen MR) is 71.7 cm³/mol. The number of amides is 1. The Morgan fingerprint density at radius 3 is 2.47 bits per heavy atom. The lowest BCUT2D eigenvalue weighted by Crippen LogP contribution is -2.54. The molecule has 2 atom stereocenters. The summed E-state index contributed by atoms with van der Waals surface area (Å²) in [5, 5.41) is 0. The van der Waals surface area contributed by atoms with Gasteiger partial charge in [0, 0.05) is 19.1 Å². The van der Waals surface area contributed by atoms with E-state index >= 15 is 0 Å². The zero-order valence-electron chi connectivity index (χ0n) is 11.6. The highest BCUT2D eigenvalue weighted by molar-refractivity contribution is 7.87. The Labute approximate surface area is 114 Å². The molecule has 112 valence electrons. The van der Waals surface area contributed by atoms with Crippen LogP contribution in [0.5, 0.6) is 0 Å². The molecule has 3 N–H and O–H groups in total. The van der Waals surface area contributed by atoms with Crippen LogP contribution in [0.1, 0.15) is 39.5 Å². The molecule has 0 aromatic carbocycles. The summed E-state index contributed by atoms with van der Waals surface area (Å²) in [4.78, 5) is 11.4. The minimum atomic E-state index is -3.91. The largest absolute Gasteiger partial charge is 0.446 e. The van der Waals surface area contributed by atoms with Crippen molar-refractivity contribution in [2.45, 2.75) is 57.7 Å². The number of hydrogen-bond donors (Lipinski definition) is 2. The van der Waals surface area contributed by atoms with Crippen LogP contribution in [-0.4, -0.2) is 44.1 Å². The van der Waals surface area contributed by atoms with Gasteiger partial charge in [-0.2, -0.15) is 12.7 Å². The van der Waals surface area contributed by atoms with Crippen LogP contribution < -0.4 is 10.5 Å². The quantitative estimate of drug-likeness (QED) is 0.789. The molecular weight excluding hydrogens is 270 g/mol. The number of nitrogens with zero attached hydrogens (tertiary/aromatic N) is 1. The summed E-state index contributed by atoms with van der Waals surface area (Å²) in [5.41, 5.74) is 5.94. The molecule has 1 fully saturated rings. The average Bonchev–Trinajstić information content (AvgIpc) is 2.26. The van der Waals surface area contributed by atoms with Gasteiger partial charge in [0.05, 0.1) is 6.10 Å². The zero-order valence-corrected chi connectivity index (χ0v) is 12.4. The average molecular weight is 293 g/mol. The first-order valence-electron chi connectivity index (χ1n) is 6.46. The molecule has 0 aromatic heterocycles. The molecule has 0 heterocycles. The molecular formula is C11H23N3O4S. The number of ether oxygens (including phenoxy) is 1. The third kappa shape index (κ3) is 4.63. The maximum atomic E-state index is 12.0. The van der Waals surface area contributed by atoms with E-state index in [0.717, 1.165) is 23.6 Å². The van der Waals surface area contributed by atoms with Crippen molar-refractivity contribution in [2.24, 2.45) is 5.73 Å². The Kier molecular flexibility index (Phi) is 5.57. The first-order valence-corrected chi connectivity index (χ1v) is 7.90. The monoisotopic (exact) mass is 293 g/mol. The molecule has 0 bridgehead atoms. The predicted octanol–water partition coefficient (Wildman–Crippen LogP) is 0.568. The molecule has 0 saturated heterocycles. The summed E-state index contributed by atoms with van der Waals surface area (Å²) in [7, 11) is -2.48. The van der Waals surface area contributed by atoms with Gasteiger partial charge in [-0.05, 0) is 26.7 Å². The van der Waals surface area contributed by atoms with Crippen LogP contribution in [0.3, 0.4) is 0 Å². The Hall–Kier alpha value is -0.860. The summed E-state index contributed by atoms with van der Waals surface area (Å²) < 4.78 is 31.8. The van der Waals surface area contributed by atoms with Crippen LogP contribution in [0.4, 0.5) is 4.79 Å². The van der Waals surface area contributed by atoms with E-state index in [1.54, 1.807) is 13.8 Å². The Morgan fingerprint density at radius 2 is 1.95 bits per heavy atom. The van der Waals surface area contributed by atoms with E-state index in [0.29, 0.717) is 6.42 Å². The van der Waals surface area contributed by atoms with E-state index in [-0.39, 0.29) is 18.2 Å². The highest BCUT2D eigenvalue weighted by Gasteiger charge is 2.33. The lowest BCUT2D eigenvalue weighted by molar-refractivity contribution is 0.120. The summed E-state index contributed by atoms with van der Waals surface area (Å²) in [6.07, 6.45) is 2.10. The van der Waals surface area contributed by atoms with Crippen LogP contribution in [0, 0.1) is 0 Å². The molecule has 2 unspecified atom stereocenters. The van der Waals surface area contributed by atoms with Gasteiger partial charge in [-0.1, -0.05) is 12.8 Å². The van der Waals surface area contributed by atoms with Crippen molar-refractivity contribution < 1.29 is 17.9 Å². The number of nitrogens with one attached hydrogen (secondary N) is 1. The van der Waals surface area contributed by atoms with E-state index in [1.807, 2.05) is 4.72 Å². The van der Waals surface area contributed by atoms with Crippen molar-refractivity contribution in [1.29, 1.82) is 0 Å². The normalized spacial score (nSPS) is 24.5. The lowest BCUT2D eigenvalue weighted by atomic mass is 9.91. The number of rotatable bonds is 4. The van der Waals surface area contributed by atoms with Gasteiger partial charge in [-0.15, -0.1) is 0 Å². The van der Waals surface area contributed by atoms with Crippen LogP contribution in [0.2, 0.25) is 0 Å². The number of nitrogens with two attached hydrogens (primary N) is 1. The van der Waals surface area contributed by atoms with Gasteiger partial charge in [-0.25, -0.2) is 9.52 Å². The van der Waals surface area contributed by atoms with E-state index in [4.69, 9.17) is 10.5 Å². The fraction of sp³-hybridized carbons (Fsp3) is 0.909. The molecule has 0 radical (unpaired) electrons. The zero-order chi connectivity index (χ0) is 14.6. The molecule has 0 aromatic rings. The Morgan fingerprint density at radius 1 is 1.37 bits per heavy atom. The van der Waals surface area contributed by atoms with Gasteiger partial charge in [0.15, 0.2) is 0 Å². The summed E-state index contributed by atoms with van der Waals surface area (Å²) in [6.45, 7) is 3.29. The van der Waals surface area contributed by atoms with Crippen LogP contribution >= 0.6 is 0 Å². The molecule has 1 rings (SSSR count). The van der Waals surface area contributed by atoms with Gasteiger partial charge in [0.25, 0.3) is 0 Å². The maximum absolute atomic E-state index is 12.0. The van der Waals surface area contributed by atoms with E-state index < -0.39 is 16.3 Å². The third-order valence-electron chi connectivity index (χ3n) is 3.18. The Balaban J connectivity index is 2.68. The number of carbonyl (C=O) groups excluding carboxylic acids is 1. The van der Waals surface area contributed by atoms with Crippen molar-refractivity contribution in [3.63, 3.8) is 0 Å². The van der Waals surface area contributed by atoms with Gasteiger partial charge in [0.1, 0.15) is 0 Å². The molecule has 19 heavy (non-hydrogen) atoms. The second-order valence-electron chi connectivity index (χ2n) is 5.09. The molecule has 8 heteroatoms. The van der Waals surface area contributed by atoms with Crippen LogP contribution in [-0.2, 0) is 14.9 Å². The summed E-state index contributed by atoms with van der Waals surface area (Å²) >= 11 is 0. The smallest absolute Gasteiger partial charge is 0.422 e. The highest BCUT2D eigenvalue weighted by Crippen LogP contribution is 2.22. The summed E-state index contributed by atoms with van der Waals surface area (Å²) in [6, 6.07) is -0.477. The van der Waals surface area contributed by atoms with Gasteiger partial charge >= 0.3 is 16.3 Å². The SMILES string of the molecule is CC(C)OC(=O)NS(=O)(=O)N(C)C1CCCCC1N. The van der Waals surface area contributed by atoms with E-state index in [9.17, 15) is 13.2 Å². The van der Waals surface area contributed by atoms with E-state index in [2.05, 4.69) is 0 Å². The molecule has 1 aliphatic carbocycles. The second-order valence-corrected chi connectivity index (χ2v) is 6.82. The third-order valence-corrected chi connectivity index (χ3v) is 4.64. The van der Waals surface area contributed by atoms with Crippen molar-refractivity contribution in [2.75, 3.05) is 7.05 Å². The number of hydrogen-bond acceptors (Lipinski definition) is 5. The molecule has 1 aliphatic rings.